The highest BCUT2D eigenvalue weighted by molar-refractivity contribution is 7.90. The first-order valence-electron chi connectivity index (χ1n) is 9.53. The van der Waals surface area contributed by atoms with Crippen LogP contribution in [0.1, 0.15) is 24.8 Å². The molecular weight excluding hydrogens is 376 g/mol. The van der Waals surface area contributed by atoms with Gasteiger partial charge < -0.3 is 15.5 Å². The lowest BCUT2D eigenvalue weighted by Gasteiger charge is -2.20. The van der Waals surface area contributed by atoms with Crippen LogP contribution in [0.15, 0.2) is 48.7 Å². The lowest BCUT2D eigenvalue weighted by Crippen LogP contribution is -2.31. The minimum absolute atomic E-state index is 0.0227. The maximum absolute atomic E-state index is 12.2. The van der Waals surface area contributed by atoms with Crippen molar-refractivity contribution in [2.45, 2.75) is 25.0 Å². The van der Waals surface area contributed by atoms with Crippen molar-refractivity contribution in [3.8, 4) is 0 Å². The molecule has 1 saturated heterocycles. The molecular formula is C20H26N4O3S. The van der Waals surface area contributed by atoms with Gasteiger partial charge in [-0.2, -0.15) is 0 Å². The summed E-state index contributed by atoms with van der Waals surface area (Å²) in [6.45, 7) is 2.17. The van der Waals surface area contributed by atoms with E-state index in [1.165, 1.54) is 0 Å². The van der Waals surface area contributed by atoms with E-state index >= 15 is 0 Å². The smallest absolute Gasteiger partial charge is 0.319 e. The number of nitrogens with zero attached hydrogens (tertiary/aromatic N) is 2. The Kier molecular flexibility index (Phi) is 6.86. The number of aromatic nitrogens is 1. The molecule has 0 spiro atoms. The summed E-state index contributed by atoms with van der Waals surface area (Å²) < 4.78 is 24.4. The summed E-state index contributed by atoms with van der Waals surface area (Å²) in [5.74, 6) is 0.837. The van der Waals surface area contributed by atoms with E-state index in [0.717, 1.165) is 37.3 Å². The molecule has 1 aromatic carbocycles. The number of amides is 2. The van der Waals surface area contributed by atoms with Gasteiger partial charge in [0.05, 0.1) is 17.2 Å². The minimum Gasteiger partial charge on any atom is -0.355 e. The zero-order valence-corrected chi connectivity index (χ0v) is 16.6. The van der Waals surface area contributed by atoms with Gasteiger partial charge in [0.2, 0.25) is 0 Å². The summed E-state index contributed by atoms with van der Waals surface area (Å²) in [4.78, 5) is 18.7. The van der Waals surface area contributed by atoms with E-state index < -0.39 is 9.84 Å². The van der Waals surface area contributed by atoms with Gasteiger partial charge in [-0.3, -0.25) is 0 Å². The maximum Gasteiger partial charge on any atom is 0.319 e. The Labute approximate surface area is 166 Å². The van der Waals surface area contributed by atoms with Crippen molar-refractivity contribution in [1.29, 1.82) is 0 Å². The summed E-state index contributed by atoms with van der Waals surface area (Å²) in [7, 11) is -3.20. The van der Waals surface area contributed by atoms with Gasteiger partial charge in [-0.05, 0) is 37.0 Å². The zero-order valence-electron chi connectivity index (χ0n) is 15.8. The highest BCUT2D eigenvalue weighted by Crippen LogP contribution is 2.25. The summed E-state index contributed by atoms with van der Waals surface area (Å²) >= 11 is 0. The van der Waals surface area contributed by atoms with Gasteiger partial charge in [-0.1, -0.05) is 30.3 Å². The predicted molar refractivity (Wildman–Crippen MR) is 111 cm³/mol. The average Bonchev–Trinajstić information content (AvgIpc) is 3.21. The van der Waals surface area contributed by atoms with Crippen LogP contribution in [0.5, 0.6) is 0 Å². The van der Waals surface area contributed by atoms with Crippen LogP contribution >= 0.6 is 0 Å². The van der Waals surface area contributed by atoms with Gasteiger partial charge in [-0.25, -0.2) is 18.2 Å². The number of carbonyl (C=O) groups is 1. The lowest BCUT2D eigenvalue weighted by molar-refractivity contribution is 0.252. The van der Waals surface area contributed by atoms with E-state index in [2.05, 4.69) is 20.5 Å². The van der Waals surface area contributed by atoms with Crippen molar-refractivity contribution in [3.05, 3.63) is 54.2 Å². The molecule has 1 aromatic heterocycles. The van der Waals surface area contributed by atoms with Gasteiger partial charge in [0.1, 0.15) is 0 Å². The Bertz CT molecular complexity index is 881. The largest absolute Gasteiger partial charge is 0.355 e. The number of hydrogen-bond donors (Lipinski definition) is 2. The molecule has 0 bridgehead atoms. The Morgan fingerprint density at radius 2 is 1.82 bits per heavy atom. The highest BCUT2D eigenvalue weighted by atomic mass is 32.2. The van der Waals surface area contributed by atoms with Crippen LogP contribution in [-0.2, 0) is 15.6 Å². The highest BCUT2D eigenvalue weighted by Gasteiger charge is 2.18. The van der Waals surface area contributed by atoms with Crippen LogP contribution in [0.25, 0.3) is 0 Å². The fourth-order valence-corrected chi connectivity index (χ4v) is 4.67. The van der Waals surface area contributed by atoms with E-state index in [1.807, 2.05) is 24.3 Å². The second-order valence-electron chi connectivity index (χ2n) is 6.88. The van der Waals surface area contributed by atoms with E-state index in [4.69, 9.17) is 0 Å². The third kappa shape index (κ3) is 5.95. The third-order valence-corrected chi connectivity index (χ3v) is 6.27. The monoisotopic (exact) mass is 402 g/mol. The molecule has 0 unspecified atom stereocenters. The number of anilines is 2. The van der Waals surface area contributed by atoms with E-state index in [1.54, 1.807) is 24.4 Å². The van der Waals surface area contributed by atoms with Crippen molar-refractivity contribution in [1.82, 2.24) is 10.3 Å². The standard InChI is InChI=1S/C20H26N4O3S/c25-20(23-18-10-6-11-21-19(18)24-13-4-5-14-24)22-12-7-15-28(26,27)16-17-8-2-1-3-9-17/h1-3,6,8-11H,4-5,7,12-16H2,(H2,22,23,25). The number of nitrogens with one attached hydrogen (secondary N) is 2. The molecule has 2 aromatic rings. The molecule has 0 atom stereocenters. The number of carbonyl (C=O) groups excluding carboxylic acids is 1. The third-order valence-electron chi connectivity index (χ3n) is 4.59. The second-order valence-corrected chi connectivity index (χ2v) is 9.06. The molecule has 150 valence electrons. The fraction of sp³-hybridized carbons (Fsp3) is 0.400. The quantitative estimate of drug-likeness (QED) is 0.663. The summed E-state index contributed by atoms with van der Waals surface area (Å²) in [6, 6.07) is 12.4. The predicted octanol–water partition coefficient (Wildman–Crippen LogP) is 2.81. The Morgan fingerprint density at radius 3 is 2.57 bits per heavy atom. The van der Waals surface area contributed by atoms with E-state index in [-0.39, 0.29) is 17.5 Å². The van der Waals surface area contributed by atoms with Crippen LogP contribution in [0.3, 0.4) is 0 Å². The molecule has 28 heavy (non-hydrogen) atoms. The molecule has 1 aliphatic heterocycles. The SMILES string of the molecule is O=C(NCCCS(=O)(=O)Cc1ccccc1)Nc1cccnc1N1CCCC1. The number of pyridine rings is 1. The van der Waals surface area contributed by atoms with Crippen LogP contribution < -0.4 is 15.5 Å². The number of benzene rings is 1. The van der Waals surface area contributed by atoms with Gasteiger partial charge in [0.25, 0.3) is 0 Å². The first-order chi connectivity index (χ1) is 13.5. The lowest BCUT2D eigenvalue weighted by atomic mass is 10.2. The van der Waals surface area contributed by atoms with Gasteiger partial charge in [0, 0.05) is 25.8 Å². The molecule has 2 heterocycles. The van der Waals surface area contributed by atoms with E-state index in [0.29, 0.717) is 18.7 Å². The minimum atomic E-state index is -3.20. The number of hydrogen-bond acceptors (Lipinski definition) is 5. The second kappa shape index (κ2) is 9.54. The van der Waals surface area contributed by atoms with Crippen molar-refractivity contribution in [2.24, 2.45) is 0 Å². The number of sulfone groups is 1. The topological polar surface area (TPSA) is 91.4 Å². The van der Waals surface area contributed by atoms with Crippen LogP contribution in [0.2, 0.25) is 0 Å². The molecule has 0 radical (unpaired) electrons. The summed E-state index contributed by atoms with van der Waals surface area (Å²) in [5.41, 5.74) is 1.44. The maximum atomic E-state index is 12.2. The summed E-state index contributed by atoms with van der Waals surface area (Å²) in [5, 5.41) is 5.55. The Hall–Kier alpha value is -2.61. The van der Waals surface area contributed by atoms with Crippen molar-refractivity contribution in [3.63, 3.8) is 0 Å². The molecule has 0 aliphatic carbocycles. The molecule has 1 aliphatic rings. The molecule has 3 rings (SSSR count). The Morgan fingerprint density at radius 1 is 1.07 bits per heavy atom. The molecule has 7 nitrogen and oxygen atoms in total. The van der Waals surface area contributed by atoms with Crippen molar-refractivity contribution in [2.75, 3.05) is 35.6 Å². The van der Waals surface area contributed by atoms with E-state index in [9.17, 15) is 13.2 Å². The first kappa shape index (κ1) is 20.1. The zero-order chi connectivity index (χ0) is 19.8. The van der Waals surface area contributed by atoms with Crippen LogP contribution in [-0.4, -0.2) is 44.8 Å². The molecule has 8 heteroatoms. The van der Waals surface area contributed by atoms with Crippen LogP contribution in [0.4, 0.5) is 16.3 Å². The van der Waals surface area contributed by atoms with Gasteiger partial charge in [-0.15, -0.1) is 0 Å². The number of rotatable bonds is 8. The van der Waals surface area contributed by atoms with Crippen molar-refractivity contribution < 1.29 is 13.2 Å². The van der Waals surface area contributed by atoms with Gasteiger partial charge >= 0.3 is 6.03 Å². The first-order valence-corrected chi connectivity index (χ1v) is 11.3. The molecule has 2 amide bonds. The number of urea groups is 1. The van der Waals surface area contributed by atoms with Crippen molar-refractivity contribution >= 4 is 27.4 Å². The molecule has 2 N–H and O–H groups in total. The average molecular weight is 403 g/mol. The Balaban J connectivity index is 1.44. The van der Waals surface area contributed by atoms with Gasteiger partial charge in [0.15, 0.2) is 15.7 Å². The molecule has 1 fully saturated rings. The fourth-order valence-electron chi connectivity index (χ4n) is 3.24. The normalized spacial score (nSPS) is 14.1. The summed E-state index contributed by atoms with van der Waals surface area (Å²) in [6.07, 6.45) is 4.34. The van der Waals surface area contributed by atoms with Crippen LogP contribution in [0, 0.1) is 0 Å². The molecule has 0 saturated carbocycles.